The van der Waals surface area contributed by atoms with Crippen LogP contribution in [0.2, 0.25) is 0 Å². The molecule has 0 aliphatic heterocycles. The predicted molar refractivity (Wildman–Crippen MR) is 272 cm³/mol. The molecule has 5 heteroatoms. The van der Waals surface area contributed by atoms with E-state index in [1.165, 1.54) is 0 Å². The second-order valence-corrected chi connectivity index (χ2v) is 28.7. The SMILES string of the molecule is CC(C)(C)CCOC(C)(C)C.CC(C)(C)CCOCC(C)(C)C.CC(CC(C)(C)C)OC(C)(C)C.CC(COC(C)(C)C)C(C)(C)C.CCC(CC(C)(C)C)OC(C)(C)C. The molecule has 0 amide bonds. The summed E-state index contributed by atoms with van der Waals surface area (Å²) < 4.78 is 28.7. The molecule has 0 aromatic carbocycles. The third-order valence-corrected chi connectivity index (χ3v) is 8.43. The summed E-state index contributed by atoms with van der Waals surface area (Å²) in [5, 5.41) is 0. The van der Waals surface area contributed by atoms with Crippen molar-refractivity contribution in [3.8, 4) is 0 Å². The quantitative estimate of drug-likeness (QED) is 0.183. The van der Waals surface area contributed by atoms with Crippen molar-refractivity contribution in [2.45, 2.75) is 295 Å². The topological polar surface area (TPSA) is 46.2 Å². The first-order valence-corrected chi connectivity index (χ1v) is 24.0. The molecule has 3 atom stereocenters. The number of rotatable bonds is 12. The van der Waals surface area contributed by atoms with E-state index in [-0.39, 0.29) is 22.4 Å². The van der Waals surface area contributed by atoms with Gasteiger partial charge in [0.15, 0.2) is 0 Å². The highest BCUT2D eigenvalue weighted by atomic mass is 16.5. The lowest BCUT2D eigenvalue weighted by Gasteiger charge is -2.31. The molecule has 60 heavy (non-hydrogen) atoms. The Morgan fingerprint density at radius 2 is 0.750 bits per heavy atom. The normalized spacial score (nSPS) is 15.2. The van der Waals surface area contributed by atoms with Crippen LogP contribution in [-0.4, -0.2) is 61.0 Å². The van der Waals surface area contributed by atoms with Crippen molar-refractivity contribution in [3.63, 3.8) is 0 Å². The van der Waals surface area contributed by atoms with Gasteiger partial charge >= 0.3 is 0 Å². The van der Waals surface area contributed by atoms with Gasteiger partial charge in [-0.3, -0.25) is 0 Å². The largest absolute Gasteiger partial charge is 0.381 e. The first-order valence-electron chi connectivity index (χ1n) is 24.0. The average molecular weight is 862 g/mol. The summed E-state index contributed by atoms with van der Waals surface area (Å²) in [7, 11) is 0. The van der Waals surface area contributed by atoms with Crippen LogP contribution >= 0.6 is 0 Å². The summed E-state index contributed by atoms with van der Waals surface area (Å²) in [5.41, 5.74) is 2.18. The fourth-order valence-electron chi connectivity index (χ4n) is 5.01. The molecular formula is C55H120O5. The Labute approximate surface area is 382 Å². The van der Waals surface area contributed by atoms with Gasteiger partial charge in [-0.15, -0.1) is 0 Å². The van der Waals surface area contributed by atoms with E-state index >= 15 is 0 Å². The van der Waals surface area contributed by atoms with Crippen molar-refractivity contribution in [1.29, 1.82) is 0 Å². The van der Waals surface area contributed by atoms with E-state index in [2.05, 4.69) is 228 Å². The van der Waals surface area contributed by atoms with Crippen molar-refractivity contribution in [1.82, 2.24) is 0 Å². The molecule has 0 radical (unpaired) electrons. The first kappa shape index (κ1) is 68.8. The Balaban J connectivity index is -0.000000210. The van der Waals surface area contributed by atoms with Crippen molar-refractivity contribution in [3.05, 3.63) is 0 Å². The maximum absolute atomic E-state index is 5.96. The van der Waals surface area contributed by atoms with Crippen LogP contribution < -0.4 is 0 Å². The summed E-state index contributed by atoms with van der Waals surface area (Å²) in [6.45, 7) is 75.6. The van der Waals surface area contributed by atoms with Crippen molar-refractivity contribution < 1.29 is 23.7 Å². The minimum Gasteiger partial charge on any atom is -0.381 e. The van der Waals surface area contributed by atoms with E-state index < -0.39 is 0 Å². The number of hydrogen-bond acceptors (Lipinski definition) is 5. The van der Waals surface area contributed by atoms with Crippen LogP contribution in [-0.2, 0) is 23.7 Å². The van der Waals surface area contributed by atoms with Gasteiger partial charge in [0, 0.05) is 13.2 Å². The molecule has 0 rings (SSSR count). The van der Waals surface area contributed by atoms with Crippen LogP contribution in [0.3, 0.4) is 0 Å². The first-order chi connectivity index (χ1) is 25.8. The Morgan fingerprint density at radius 3 is 1.02 bits per heavy atom. The van der Waals surface area contributed by atoms with Crippen molar-refractivity contribution in [2.24, 2.45) is 38.4 Å². The van der Waals surface area contributed by atoms with Crippen molar-refractivity contribution in [2.75, 3.05) is 26.4 Å². The van der Waals surface area contributed by atoms with Crippen LogP contribution in [0.1, 0.15) is 261 Å². The molecule has 0 N–H and O–H groups in total. The molecule has 0 aromatic heterocycles. The van der Waals surface area contributed by atoms with Crippen LogP contribution in [0.25, 0.3) is 0 Å². The zero-order chi connectivity index (χ0) is 49.6. The minimum absolute atomic E-state index is 0.000486. The molecule has 0 aromatic rings. The van der Waals surface area contributed by atoms with Gasteiger partial charge in [-0.1, -0.05) is 138 Å². The highest BCUT2D eigenvalue weighted by molar-refractivity contribution is 4.73. The molecule has 0 fully saturated rings. The summed E-state index contributed by atoms with van der Waals surface area (Å²) in [5.74, 6) is 0.608. The van der Waals surface area contributed by atoms with Gasteiger partial charge in [-0.05, 0) is 161 Å². The molecule has 0 saturated carbocycles. The van der Waals surface area contributed by atoms with E-state index in [1.807, 2.05) is 0 Å². The average Bonchev–Trinajstić information content (AvgIpc) is 2.88. The molecule has 0 bridgehead atoms. The molecule has 370 valence electrons. The third-order valence-electron chi connectivity index (χ3n) is 8.43. The molecule has 0 heterocycles. The van der Waals surface area contributed by atoms with Crippen LogP contribution in [0.15, 0.2) is 0 Å². The molecular weight excluding hydrogens is 741 g/mol. The molecule has 0 saturated heterocycles. The van der Waals surface area contributed by atoms with Gasteiger partial charge in [0.25, 0.3) is 0 Å². The summed E-state index contributed by atoms with van der Waals surface area (Å²) in [6, 6.07) is 0. The second kappa shape index (κ2) is 28.7. The van der Waals surface area contributed by atoms with E-state index in [0.29, 0.717) is 50.6 Å². The lowest BCUT2D eigenvalue weighted by molar-refractivity contribution is -0.0751. The fraction of sp³-hybridized carbons (Fsp3) is 1.00. The van der Waals surface area contributed by atoms with Gasteiger partial charge < -0.3 is 23.7 Å². The number of ether oxygens (including phenoxy) is 5. The Bertz CT molecular complexity index is 926. The zero-order valence-corrected chi connectivity index (χ0v) is 48.1. The van der Waals surface area contributed by atoms with Crippen LogP contribution in [0.4, 0.5) is 0 Å². The highest BCUT2D eigenvalue weighted by Gasteiger charge is 2.24. The van der Waals surface area contributed by atoms with Gasteiger partial charge in [0.1, 0.15) is 0 Å². The van der Waals surface area contributed by atoms with E-state index in [9.17, 15) is 0 Å². The molecule has 3 unspecified atom stereocenters. The molecule has 0 aliphatic carbocycles. The van der Waals surface area contributed by atoms with Crippen LogP contribution in [0, 0.1) is 38.4 Å². The van der Waals surface area contributed by atoms with E-state index in [1.54, 1.807) is 0 Å². The van der Waals surface area contributed by atoms with Gasteiger partial charge in [0.05, 0.1) is 47.8 Å². The summed E-state index contributed by atoms with van der Waals surface area (Å²) in [4.78, 5) is 0. The van der Waals surface area contributed by atoms with Gasteiger partial charge in [0.2, 0.25) is 0 Å². The van der Waals surface area contributed by atoms with Gasteiger partial charge in [-0.25, -0.2) is 0 Å². The van der Waals surface area contributed by atoms with Crippen LogP contribution in [0.5, 0.6) is 0 Å². The minimum atomic E-state index is -0.00926. The smallest absolute Gasteiger partial charge is 0.0602 e. The van der Waals surface area contributed by atoms with Crippen molar-refractivity contribution >= 4 is 0 Å². The zero-order valence-electron chi connectivity index (χ0n) is 48.1. The monoisotopic (exact) mass is 861 g/mol. The molecule has 0 spiro atoms. The maximum Gasteiger partial charge on any atom is 0.0602 e. The summed E-state index contributed by atoms with van der Waals surface area (Å²) >= 11 is 0. The molecule has 0 aliphatic rings. The Hall–Kier alpha value is -0.200. The predicted octanol–water partition coefficient (Wildman–Crippen LogP) is 17.8. The second-order valence-electron chi connectivity index (χ2n) is 28.7. The highest BCUT2D eigenvalue weighted by Crippen LogP contribution is 2.28. The van der Waals surface area contributed by atoms with E-state index in [0.717, 1.165) is 58.5 Å². The third kappa shape index (κ3) is 72.3. The Kier molecular flexibility index (Phi) is 32.9. The standard InChI is InChI=1S/C12H26O.3C11H24O.C10H22O/c1-8-10(9-11(2,3)4)13-12(5,6)7;1-9(10(2,3)4)8-12-11(5,6)7;1-9(8-10(2,3)4)12-11(5,6)7;1-10(2,3)7-8-12-9-11(4,5)6;1-9(2,3)7-8-11-10(4,5)6/h10H,8-9H2,1-7H3;2*9H,8H2,1-7H3;7-9H2,1-6H3;7-8H2,1-6H3. The van der Waals surface area contributed by atoms with E-state index in [4.69, 9.17) is 23.7 Å². The van der Waals surface area contributed by atoms with Gasteiger partial charge in [-0.2, -0.15) is 0 Å². The maximum atomic E-state index is 5.96. The lowest BCUT2D eigenvalue weighted by Crippen LogP contribution is -2.30. The molecule has 5 nitrogen and oxygen atoms in total. The lowest BCUT2D eigenvalue weighted by atomic mass is 9.83. The Morgan fingerprint density at radius 1 is 0.383 bits per heavy atom. The number of hydrogen-bond donors (Lipinski definition) is 0. The fourth-order valence-corrected chi connectivity index (χ4v) is 5.01. The summed E-state index contributed by atoms with van der Waals surface area (Å²) in [6.07, 6.45) is 6.39.